The van der Waals surface area contributed by atoms with Crippen LogP contribution in [0, 0.1) is 6.92 Å². The maximum absolute atomic E-state index is 12.8. The summed E-state index contributed by atoms with van der Waals surface area (Å²) in [6.07, 6.45) is 0.680. The summed E-state index contributed by atoms with van der Waals surface area (Å²) < 4.78 is 37.1. The van der Waals surface area contributed by atoms with Crippen LogP contribution in [0.5, 0.6) is 5.75 Å². The average Bonchev–Trinajstić information content (AvgIpc) is 2.58. The average molecular weight is 372 g/mol. The van der Waals surface area contributed by atoms with Crippen molar-refractivity contribution in [1.29, 1.82) is 0 Å². The molecule has 0 aliphatic carbocycles. The highest BCUT2D eigenvalue weighted by Crippen LogP contribution is 2.24. The molecule has 0 heterocycles. The molecule has 1 rings (SSSR count). The predicted molar refractivity (Wildman–Crippen MR) is 96.3 cm³/mol. The van der Waals surface area contributed by atoms with Gasteiger partial charge in [0.05, 0.1) is 18.0 Å². The fourth-order valence-corrected chi connectivity index (χ4v) is 3.77. The van der Waals surface area contributed by atoms with E-state index >= 15 is 0 Å². The Kier molecular flexibility index (Phi) is 8.88. The molecule has 25 heavy (non-hydrogen) atoms. The van der Waals surface area contributed by atoms with E-state index in [2.05, 4.69) is 5.32 Å². The number of hydrogen-bond donors (Lipinski definition) is 1. The molecule has 1 amide bonds. The fraction of sp³-hybridized carbons (Fsp3) is 0.588. The van der Waals surface area contributed by atoms with Gasteiger partial charge in [-0.25, -0.2) is 8.42 Å². The monoisotopic (exact) mass is 372 g/mol. The quantitative estimate of drug-likeness (QED) is 0.596. The Labute approximate surface area is 150 Å². The summed E-state index contributed by atoms with van der Waals surface area (Å²) in [5, 5.41) is 2.70. The largest absolute Gasteiger partial charge is 0.494 e. The van der Waals surface area contributed by atoms with Crippen LogP contribution in [0.4, 0.5) is 0 Å². The molecule has 0 aliphatic rings. The van der Waals surface area contributed by atoms with Crippen LogP contribution in [-0.2, 0) is 19.6 Å². The summed E-state index contributed by atoms with van der Waals surface area (Å²) in [6, 6.07) is 4.72. The molecule has 1 N–H and O–H groups in total. The van der Waals surface area contributed by atoms with E-state index in [1.807, 2.05) is 6.92 Å². The smallest absolute Gasteiger partial charge is 0.243 e. The molecule has 1 aromatic carbocycles. The Morgan fingerprint density at radius 3 is 2.56 bits per heavy atom. The third kappa shape index (κ3) is 6.30. The number of hydrogen-bond acceptors (Lipinski definition) is 5. The number of methoxy groups -OCH3 is 1. The van der Waals surface area contributed by atoms with Gasteiger partial charge in [-0.3, -0.25) is 4.79 Å². The first-order valence-corrected chi connectivity index (χ1v) is 9.80. The van der Waals surface area contributed by atoms with Crippen molar-refractivity contribution in [3.8, 4) is 5.75 Å². The van der Waals surface area contributed by atoms with Gasteiger partial charge in [0.25, 0.3) is 0 Å². The number of carbonyl (C=O) groups is 1. The maximum atomic E-state index is 12.8. The number of ether oxygens (including phenoxy) is 2. The minimum absolute atomic E-state index is 0.155. The normalized spacial score (nSPS) is 11.6. The van der Waals surface area contributed by atoms with Crippen LogP contribution >= 0.6 is 0 Å². The number of nitrogens with zero attached hydrogens (tertiary/aromatic N) is 1. The summed E-state index contributed by atoms with van der Waals surface area (Å²) >= 11 is 0. The molecule has 0 aliphatic heterocycles. The minimum atomic E-state index is -3.74. The van der Waals surface area contributed by atoms with Gasteiger partial charge in [-0.1, -0.05) is 6.92 Å². The van der Waals surface area contributed by atoms with Crippen molar-refractivity contribution in [3.63, 3.8) is 0 Å². The Bertz CT molecular complexity index is 661. The van der Waals surface area contributed by atoms with Crippen molar-refractivity contribution < 1.29 is 22.7 Å². The van der Waals surface area contributed by atoms with Gasteiger partial charge in [0, 0.05) is 26.8 Å². The molecule has 1 aromatic rings. The fourth-order valence-electron chi connectivity index (χ4n) is 2.28. The molecule has 0 aromatic heterocycles. The summed E-state index contributed by atoms with van der Waals surface area (Å²) in [6.45, 7) is 6.87. The van der Waals surface area contributed by atoms with Gasteiger partial charge in [-0.05, 0) is 44.0 Å². The Morgan fingerprint density at radius 2 is 2.00 bits per heavy atom. The van der Waals surface area contributed by atoms with E-state index in [-0.39, 0.29) is 23.9 Å². The summed E-state index contributed by atoms with van der Waals surface area (Å²) in [7, 11) is -2.15. The van der Waals surface area contributed by atoms with Gasteiger partial charge in [-0.15, -0.1) is 0 Å². The number of aryl methyl sites for hydroxylation is 1. The molecule has 0 fully saturated rings. The van der Waals surface area contributed by atoms with Crippen molar-refractivity contribution in [1.82, 2.24) is 9.62 Å². The molecule has 0 atom stereocenters. The van der Waals surface area contributed by atoms with E-state index in [1.165, 1.54) is 6.07 Å². The maximum Gasteiger partial charge on any atom is 0.243 e. The van der Waals surface area contributed by atoms with Gasteiger partial charge in [0.15, 0.2) is 0 Å². The standard InChI is InChI=1S/C17H28N2O5S/c1-5-19(13-17(20)18-10-7-11-23-4)25(21,22)15-8-9-16(24-6-2)14(3)12-15/h8-9,12H,5-7,10-11,13H2,1-4H3,(H,18,20). The van der Waals surface area contributed by atoms with Crippen molar-refractivity contribution in [2.24, 2.45) is 0 Å². The first-order valence-electron chi connectivity index (χ1n) is 8.36. The van der Waals surface area contributed by atoms with E-state index in [1.54, 1.807) is 33.1 Å². The molecular formula is C17H28N2O5S. The van der Waals surface area contributed by atoms with E-state index in [4.69, 9.17) is 9.47 Å². The third-order valence-electron chi connectivity index (χ3n) is 3.60. The van der Waals surface area contributed by atoms with E-state index in [9.17, 15) is 13.2 Å². The van der Waals surface area contributed by atoms with Crippen molar-refractivity contribution in [2.75, 3.05) is 40.0 Å². The van der Waals surface area contributed by atoms with Gasteiger partial charge in [0.1, 0.15) is 5.75 Å². The third-order valence-corrected chi connectivity index (χ3v) is 5.52. The zero-order valence-corrected chi connectivity index (χ0v) is 16.2. The van der Waals surface area contributed by atoms with Crippen LogP contribution in [-0.4, -0.2) is 58.6 Å². The lowest BCUT2D eigenvalue weighted by Crippen LogP contribution is -2.41. The molecule has 7 nitrogen and oxygen atoms in total. The first kappa shape index (κ1) is 21.4. The van der Waals surface area contributed by atoms with Crippen molar-refractivity contribution in [2.45, 2.75) is 32.1 Å². The number of likely N-dealkylation sites (N-methyl/N-ethyl adjacent to an activating group) is 1. The molecule has 0 spiro atoms. The van der Waals surface area contributed by atoms with Crippen LogP contribution in [0.25, 0.3) is 0 Å². The second-order valence-corrected chi connectivity index (χ2v) is 7.43. The Balaban J connectivity index is 2.83. The summed E-state index contributed by atoms with van der Waals surface area (Å²) in [5.74, 6) is 0.324. The molecule has 0 bridgehead atoms. The number of rotatable bonds is 11. The lowest BCUT2D eigenvalue weighted by atomic mass is 10.2. The van der Waals surface area contributed by atoms with E-state index in [0.717, 1.165) is 9.87 Å². The summed E-state index contributed by atoms with van der Waals surface area (Å²) in [4.78, 5) is 12.1. The van der Waals surface area contributed by atoms with E-state index in [0.29, 0.717) is 31.9 Å². The van der Waals surface area contributed by atoms with Gasteiger partial charge >= 0.3 is 0 Å². The van der Waals surface area contributed by atoms with Crippen LogP contribution in [0.15, 0.2) is 23.1 Å². The molecular weight excluding hydrogens is 344 g/mol. The van der Waals surface area contributed by atoms with E-state index < -0.39 is 10.0 Å². The second-order valence-electron chi connectivity index (χ2n) is 5.49. The Morgan fingerprint density at radius 1 is 1.28 bits per heavy atom. The second kappa shape index (κ2) is 10.4. The minimum Gasteiger partial charge on any atom is -0.494 e. The summed E-state index contributed by atoms with van der Waals surface area (Å²) in [5.41, 5.74) is 0.739. The highest BCUT2D eigenvalue weighted by molar-refractivity contribution is 7.89. The number of nitrogens with one attached hydrogen (secondary N) is 1. The lowest BCUT2D eigenvalue weighted by Gasteiger charge is -2.20. The van der Waals surface area contributed by atoms with Crippen LogP contribution in [0.2, 0.25) is 0 Å². The van der Waals surface area contributed by atoms with Gasteiger partial charge < -0.3 is 14.8 Å². The molecule has 0 unspecified atom stereocenters. The predicted octanol–water partition coefficient (Wildman–Crippen LogP) is 1.56. The molecule has 8 heteroatoms. The highest BCUT2D eigenvalue weighted by atomic mass is 32.2. The molecule has 0 saturated heterocycles. The Hall–Kier alpha value is -1.64. The van der Waals surface area contributed by atoms with Crippen LogP contribution in [0.3, 0.4) is 0 Å². The molecule has 0 saturated carbocycles. The molecule has 142 valence electrons. The van der Waals surface area contributed by atoms with Gasteiger partial charge in [-0.2, -0.15) is 4.31 Å². The SMILES string of the molecule is CCOc1ccc(S(=O)(=O)N(CC)CC(=O)NCCCOC)cc1C. The number of sulfonamides is 1. The highest BCUT2D eigenvalue weighted by Gasteiger charge is 2.25. The van der Waals surface area contributed by atoms with Crippen molar-refractivity contribution in [3.05, 3.63) is 23.8 Å². The number of amides is 1. The van der Waals surface area contributed by atoms with Crippen LogP contribution in [0.1, 0.15) is 25.8 Å². The zero-order chi connectivity index (χ0) is 18.9. The topological polar surface area (TPSA) is 84.9 Å². The number of benzene rings is 1. The van der Waals surface area contributed by atoms with Crippen LogP contribution < -0.4 is 10.1 Å². The zero-order valence-electron chi connectivity index (χ0n) is 15.4. The van der Waals surface area contributed by atoms with Gasteiger partial charge in [0.2, 0.25) is 15.9 Å². The van der Waals surface area contributed by atoms with Crippen molar-refractivity contribution >= 4 is 15.9 Å². The first-order chi connectivity index (χ1) is 11.9. The number of carbonyl (C=O) groups excluding carboxylic acids is 1. The molecule has 0 radical (unpaired) electrons. The lowest BCUT2D eigenvalue weighted by molar-refractivity contribution is -0.121.